The minimum absolute atomic E-state index is 0.224. The van der Waals surface area contributed by atoms with E-state index in [0.29, 0.717) is 18.8 Å². The monoisotopic (exact) mass is 295 g/mol. The number of nitrogens with one attached hydrogen (secondary N) is 2. The molecule has 0 saturated carbocycles. The third-order valence-electron chi connectivity index (χ3n) is 2.65. The van der Waals surface area contributed by atoms with E-state index in [9.17, 15) is 8.42 Å². The van der Waals surface area contributed by atoms with E-state index in [-0.39, 0.29) is 4.90 Å². The van der Waals surface area contributed by atoms with Crippen LogP contribution in [-0.4, -0.2) is 20.1 Å². The standard InChI is InChI=1S/C13H17N3O3S/c1-3-15-20(17,18)13-7-5-4-6-12(13)14-9-11-8-10(2)19-16-11/h4-8,14-15H,3,9H2,1-2H3. The summed E-state index contributed by atoms with van der Waals surface area (Å²) in [6.07, 6.45) is 0. The maximum Gasteiger partial charge on any atom is 0.242 e. The second-order valence-electron chi connectivity index (χ2n) is 4.28. The van der Waals surface area contributed by atoms with Crippen LogP contribution in [0.5, 0.6) is 0 Å². The lowest BCUT2D eigenvalue weighted by molar-refractivity contribution is 0.391. The minimum atomic E-state index is -3.50. The van der Waals surface area contributed by atoms with E-state index in [4.69, 9.17) is 4.52 Å². The summed E-state index contributed by atoms with van der Waals surface area (Å²) >= 11 is 0. The Hall–Kier alpha value is -1.86. The smallest absolute Gasteiger partial charge is 0.242 e. The van der Waals surface area contributed by atoms with Crippen LogP contribution in [-0.2, 0) is 16.6 Å². The normalized spacial score (nSPS) is 11.5. The first kappa shape index (κ1) is 14.5. The molecule has 0 spiro atoms. The van der Waals surface area contributed by atoms with Crippen LogP contribution in [0.25, 0.3) is 0 Å². The van der Waals surface area contributed by atoms with Crippen molar-refractivity contribution < 1.29 is 12.9 Å². The molecular formula is C13H17N3O3S. The Balaban J connectivity index is 2.20. The first-order valence-corrected chi connectivity index (χ1v) is 7.76. The molecule has 0 fully saturated rings. The third-order valence-corrected chi connectivity index (χ3v) is 4.25. The van der Waals surface area contributed by atoms with Gasteiger partial charge in [0.1, 0.15) is 16.3 Å². The molecule has 1 aromatic heterocycles. The van der Waals surface area contributed by atoms with Crippen molar-refractivity contribution in [1.82, 2.24) is 9.88 Å². The molecule has 1 heterocycles. The van der Waals surface area contributed by atoms with Crippen LogP contribution in [0.2, 0.25) is 0 Å². The number of nitrogens with zero attached hydrogens (tertiary/aromatic N) is 1. The average Bonchev–Trinajstić information content (AvgIpc) is 2.82. The molecule has 2 rings (SSSR count). The van der Waals surface area contributed by atoms with Crippen molar-refractivity contribution in [2.45, 2.75) is 25.3 Å². The van der Waals surface area contributed by atoms with E-state index in [1.165, 1.54) is 0 Å². The van der Waals surface area contributed by atoms with E-state index in [2.05, 4.69) is 15.2 Å². The van der Waals surface area contributed by atoms with E-state index in [0.717, 1.165) is 11.5 Å². The minimum Gasteiger partial charge on any atom is -0.378 e. The Morgan fingerprint density at radius 2 is 2.05 bits per heavy atom. The zero-order chi connectivity index (χ0) is 14.6. The van der Waals surface area contributed by atoms with Crippen LogP contribution in [0.15, 0.2) is 39.8 Å². The average molecular weight is 295 g/mol. The predicted octanol–water partition coefficient (Wildman–Crippen LogP) is 1.89. The maximum atomic E-state index is 12.1. The molecule has 0 aliphatic heterocycles. The van der Waals surface area contributed by atoms with Gasteiger partial charge in [-0.15, -0.1) is 0 Å². The largest absolute Gasteiger partial charge is 0.378 e. The van der Waals surface area contributed by atoms with Crippen molar-refractivity contribution in [2.75, 3.05) is 11.9 Å². The van der Waals surface area contributed by atoms with Gasteiger partial charge in [-0.2, -0.15) is 0 Å². The highest BCUT2D eigenvalue weighted by molar-refractivity contribution is 7.89. The molecule has 1 aromatic carbocycles. The summed E-state index contributed by atoms with van der Waals surface area (Å²) in [7, 11) is -3.50. The molecule has 7 heteroatoms. The van der Waals surface area contributed by atoms with Gasteiger partial charge in [0.2, 0.25) is 10.0 Å². The van der Waals surface area contributed by atoms with E-state index in [1.807, 2.05) is 0 Å². The van der Waals surface area contributed by atoms with Gasteiger partial charge in [-0.1, -0.05) is 24.2 Å². The Labute approximate surface area is 118 Å². The van der Waals surface area contributed by atoms with Gasteiger partial charge < -0.3 is 9.84 Å². The number of rotatable bonds is 6. The summed E-state index contributed by atoms with van der Waals surface area (Å²) in [6, 6.07) is 8.55. The fraction of sp³-hybridized carbons (Fsp3) is 0.308. The first-order chi connectivity index (χ1) is 9.53. The second-order valence-corrected chi connectivity index (χ2v) is 6.02. The molecule has 108 valence electrons. The molecule has 0 bridgehead atoms. The highest BCUT2D eigenvalue weighted by atomic mass is 32.2. The molecule has 0 saturated heterocycles. The summed E-state index contributed by atoms with van der Waals surface area (Å²) in [5, 5.41) is 6.92. The van der Waals surface area contributed by atoms with E-state index >= 15 is 0 Å². The molecule has 0 radical (unpaired) electrons. The lowest BCUT2D eigenvalue weighted by atomic mass is 10.3. The van der Waals surface area contributed by atoms with Crippen molar-refractivity contribution >= 4 is 15.7 Å². The Kier molecular flexibility index (Phi) is 4.41. The van der Waals surface area contributed by atoms with Gasteiger partial charge in [0, 0.05) is 12.6 Å². The van der Waals surface area contributed by atoms with Crippen LogP contribution in [0, 0.1) is 6.92 Å². The van der Waals surface area contributed by atoms with Crippen molar-refractivity contribution in [3.63, 3.8) is 0 Å². The van der Waals surface area contributed by atoms with Crippen LogP contribution in [0.1, 0.15) is 18.4 Å². The third kappa shape index (κ3) is 3.37. The molecule has 0 atom stereocenters. The molecule has 2 N–H and O–H groups in total. The van der Waals surface area contributed by atoms with Crippen LogP contribution in [0.4, 0.5) is 5.69 Å². The maximum absolute atomic E-state index is 12.1. The zero-order valence-corrected chi connectivity index (χ0v) is 12.2. The van der Waals surface area contributed by atoms with Gasteiger partial charge in [0.15, 0.2) is 0 Å². The molecule has 0 amide bonds. The van der Waals surface area contributed by atoms with Gasteiger partial charge >= 0.3 is 0 Å². The Bertz CT molecular complexity index is 680. The molecule has 0 aliphatic rings. The van der Waals surface area contributed by atoms with Crippen LogP contribution < -0.4 is 10.0 Å². The first-order valence-electron chi connectivity index (χ1n) is 6.27. The number of hydrogen-bond acceptors (Lipinski definition) is 5. The Morgan fingerprint density at radius 3 is 2.70 bits per heavy atom. The molecule has 2 aromatic rings. The highest BCUT2D eigenvalue weighted by Gasteiger charge is 2.16. The Morgan fingerprint density at radius 1 is 1.30 bits per heavy atom. The molecule has 0 unspecified atom stereocenters. The van der Waals surface area contributed by atoms with Gasteiger partial charge in [-0.25, -0.2) is 13.1 Å². The molecule has 6 nitrogen and oxygen atoms in total. The second kappa shape index (κ2) is 6.06. The number of aryl methyl sites for hydroxylation is 1. The van der Waals surface area contributed by atoms with Crippen LogP contribution in [0.3, 0.4) is 0 Å². The quantitative estimate of drug-likeness (QED) is 0.850. The number of para-hydroxylation sites is 1. The number of hydrogen-bond donors (Lipinski definition) is 2. The fourth-order valence-corrected chi connectivity index (χ4v) is 3.02. The van der Waals surface area contributed by atoms with Crippen molar-refractivity contribution in [2.24, 2.45) is 0 Å². The highest BCUT2D eigenvalue weighted by Crippen LogP contribution is 2.21. The molecular weight excluding hydrogens is 278 g/mol. The van der Waals surface area contributed by atoms with Gasteiger partial charge in [-0.05, 0) is 19.1 Å². The van der Waals surface area contributed by atoms with Gasteiger partial charge in [-0.3, -0.25) is 0 Å². The van der Waals surface area contributed by atoms with Crippen molar-refractivity contribution in [1.29, 1.82) is 0 Å². The number of aromatic nitrogens is 1. The lowest BCUT2D eigenvalue weighted by Crippen LogP contribution is -2.24. The number of sulfonamides is 1. The van der Waals surface area contributed by atoms with E-state index < -0.39 is 10.0 Å². The molecule has 20 heavy (non-hydrogen) atoms. The zero-order valence-electron chi connectivity index (χ0n) is 11.4. The number of benzene rings is 1. The molecule has 0 aliphatic carbocycles. The predicted molar refractivity (Wildman–Crippen MR) is 75.9 cm³/mol. The van der Waals surface area contributed by atoms with Gasteiger partial charge in [0.25, 0.3) is 0 Å². The number of anilines is 1. The fourth-order valence-electron chi connectivity index (χ4n) is 1.80. The van der Waals surface area contributed by atoms with Gasteiger partial charge in [0.05, 0.1) is 12.2 Å². The van der Waals surface area contributed by atoms with E-state index in [1.54, 1.807) is 44.2 Å². The summed E-state index contributed by atoms with van der Waals surface area (Å²) in [5.41, 5.74) is 1.26. The van der Waals surface area contributed by atoms with Crippen molar-refractivity contribution in [3.8, 4) is 0 Å². The topological polar surface area (TPSA) is 84.2 Å². The summed E-state index contributed by atoms with van der Waals surface area (Å²) in [5.74, 6) is 0.718. The summed E-state index contributed by atoms with van der Waals surface area (Å²) < 4.78 is 31.6. The summed E-state index contributed by atoms with van der Waals surface area (Å²) in [4.78, 5) is 0.224. The lowest BCUT2D eigenvalue weighted by Gasteiger charge is -2.11. The van der Waals surface area contributed by atoms with Crippen molar-refractivity contribution in [3.05, 3.63) is 41.8 Å². The summed E-state index contributed by atoms with van der Waals surface area (Å²) in [6.45, 7) is 4.29. The SMILES string of the molecule is CCNS(=O)(=O)c1ccccc1NCc1cc(C)on1. The van der Waals surface area contributed by atoms with Crippen LogP contribution >= 0.6 is 0 Å².